The quantitative estimate of drug-likeness (QED) is 0.862. The molecule has 2 saturated heterocycles. The van der Waals surface area contributed by atoms with Crippen LogP contribution in [0.15, 0.2) is 18.2 Å². The van der Waals surface area contributed by atoms with Crippen molar-refractivity contribution in [3.05, 3.63) is 23.8 Å². The van der Waals surface area contributed by atoms with Crippen molar-refractivity contribution in [2.24, 2.45) is 5.92 Å². The van der Waals surface area contributed by atoms with Gasteiger partial charge < -0.3 is 20.3 Å². The van der Waals surface area contributed by atoms with Gasteiger partial charge in [-0.15, -0.1) is 12.4 Å². The SMILES string of the molecule is COc1ccc(C)cc1NC(=O)C1CCCN1C(=O)C1CNC1.Cl. The third kappa shape index (κ3) is 3.65. The Kier molecular flexibility index (Phi) is 6.07. The van der Waals surface area contributed by atoms with Crippen molar-refractivity contribution in [1.29, 1.82) is 0 Å². The Labute approximate surface area is 148 Å². The molecule has 2 fully saturated rings. The predicted octanol–water partition coefficient (Wildman–Crippen LogP) is 1.57. The summed E-state index contributed by atoms with van der Waals surface area (Å²) < 4.78 is 5.30. The van der Waals surface area contributed by atoms with Crippen molar-refractivity contribution in [2.75, 3.05) is 32.1 Å². The first kappa shape index (κ1) is 18.5. The lowest BCUT2D eigenvalue weighted by atomic mass is 10.0. The molecular weight excluding hydrogens is 330 g/mol. The smallest absolute Gasteiger partial charge is 0.247 e. The number of ether oxygens (including phenoxy) is 1. The molecule has 24 heavy (non-hydrogen) atoms. The second-order valence-electron chi connectivity index (χ2n) is 6.24. The van der Waals surface area contributed by atoms with Crippen LogP contribution in [-0.4, -0.2) is 49.5 Å². The normalized spacial score (nSPS) is 20.1. The highest BCUT2D eigenvalue weighted by atomic mass is 35.5. The van der Waals surface area contributed by atoms with E-state index in [4.69, 9.17) is 4.74 Å². The average molecular weight is 354 g/mol. The fourth-order valence-electron chi connectivity index (χ4n) is 3.14. The third-order valence-electron chi connectivity index (χ3n) is 4.58. The zero-order chi connectivity index (χ0) is 16.4. The fraction of sp³-hybridized carbons (Fsp3) is 0.529. The number of likely N-dealkylation sites (tertiary alicyclic amines) is 1. The highest BCUT2D eigenvalue weighted by molar-refractivity contribution is 5.99. The summed E-state index contributed by atoms with van der Waals surface area (Å²) >= 11 is 0. The highest BCUT2D eigenvalue weighted by Crippen LogP contribution is 2.27. The Bertz CT molecular complexity index is 619. The van der Waals surface area contributed by atoms with Crippen LogP contribution in [0.4, 0.5) is 5.69 Å². The van der Waals surface area contributed by atoms with Gasteiger partial charge in [0.25, 0.3) is 0 Å². The largest absolute Gasteiger partial charge is 0.495 e. The molecule has 1 aromatic carbocycles. The van der Waals surface area contributed by atoms with Crippen molar-refractivity contribution in [3.63, 3.8) is 0 Å². The lowest BCUT2D eigenvalue weighted by Crippen LogP contribution is -2.54. The van der Waals surface area contributed by atoms with Gasteiger partial charge in [0.15, 0.2) is 0 Å². The second-order valence-corrected chi connectivity index (χ2v) is 6.24. The maximum Gasteiger partial charge on any atom is 0.247 e. The van der Waals surface area contributed by atoms with Gasteiger partial charge in [-0.3, -0.25) is 9.59 Å². The molecule has 0 spiro atoms. The first-order chi connectivity index (χ1) is 11.1. The van der Waals surface area contributed by atoms with E-state index in [1.54, 1.807) is 12.0 Å². The molecule has 2 N–H and O–H groups in total. The second kappa shape index (κ2) is 7.85. The molecule has 1 aromatic rings. The maximum absolute atomic E-state index is 12.7. The predicted molar refractivity (Wildman–Crippen MR) is 94.7 cm³/mol. The number of amides is 2. The number of anilines is 1. The number of rotatable bonds is 4. The number of carbonyl (C=O) groups is 2. The molecule has 6 nitrogen and oxygen atoms in total. The van der Waals surface area contributed by atoms with E-state index in [1.807, 2.05) is 25.1 Å². The minimum Gasteiger partial charge on any atom is -0.495 e. The molecular formula is C17H24ClN3O3. The molecule has 3 rings (SSSR count). The fourth-order valence-corrected chi connectivity index (χ4v) is 3.14. The van der Waals surface area contributed by atoms with Gasteiger partial charge in [0.1, 0.15) is 11.8 Å². The van der Waals surface area contributed by atoms with E-state index in [-0.39, 0.29) is 36.2 Å². The number of benzene rings is 1. The summed E-state index contributed by atoms with van der Waals surface area (Å²) in [5, 5.41) is 6.04. The van der Waals surface area contributed by atoms with Crippen molar-refractivity contribution in [3.8, 4) is 5.75 Å². The van der Waals surface area contributed by atoms with Crippen LogP contribution in [-0.2, 0) is 9.59 Å². The van der Waals surface area contributed by atoms with E-state index in [2.05, 4.69) is 10.6 Å². The summed E-state index contributed by atoms with van der Waals surface area (Å²) in [6.45, 7) is 4.06. The maximum atomic E-state index is 12.7. The van der Waals surface area contributed by atoms with Crippen LogP contribution in [0.5, 0.6) is 5.75 Å². The Morgan fingerprint density at radius 1 is 1.33 bits per heavy atom. The monoisotopic (exact) mass is 353 g/mol. The van der Waals surface area contributed by atoms with Crippen LogP contribution in [0.1, 0.15) is 18.4 Å². The van der Waals surface area contributed by atoms with Gasteiger partial charge in [-0.05, 0) is 37.5 Å². The zero-order valence-electron chi connectivity index (χ0n) is 14.0. The van der Waals surface area contributed by atoms with Gasteiger partial charge in [-0.1, -0.05) is 6.07 Å². The van der Waals surface area contributed by atoms with E-state index in [0.717, 1.165) is 25.1 Å². The molecule has 1 unspecified atom stereocenters. The van der Waals surface area contributed by atoms with Crippen molar-refractivity contribution >= 4 is 29.9 Å². The number of nitrogens with zero attached hydrogens (tertiary/aromatic N) is 1. The van der Waals surface area contributed by atoms with Crippen molar-refractivity contribution in [2.45, 2.75) is 25.8 Å². The molecule has 0 bridgehead atoms. The van der Waals surface area contributed by atoms with E-state index in [0.29, 0.717) is 24.4 Å². The van der Waals surface area contributed by atoms with Crippen LogP contribution >= 0.6 is 12.4 Å². The zero-order valence-corrected chi connectivity index (χ0v) is 14.8. The summed E-state index contributed by atoms with van der Waals surface area (Å²) in [6.07, 6.45) is 1.58. The Balaban J connectivity index is 0.00000208. The van der Waals surface area contributed by atoms with Crippen LogP contribution in [0.2, 0.25) is 0 Å². The van der Waals surface area contributed by atoms with Gasteiger partial charge in [0.2, 0.25) is 11.8 Å². The van der Waals surface area contributed by atoms with Crippen molar-refractivity contribution in [1.82, 2.24) is 10.2 Å². The number of carbonyl (C=O) groups excluding carboxylic acids is 2. The molecule has 2 aliphatic heterocycles. The molecule has 0 radical (unpaired) electrons. The standard InChI is InChI=1S/C17H23N3O3.ClH/c1-11-5-6-15(23-2)13(8-11)19-16(21)14-4-3-7-20(14)17(22)12-9-18-10-12;/h5-6,8,12,14,18H,3-4,7,9-10H2,1-2H3,(H,19,21);1H. The van der Waals surface area contributed by atoms with E-state index in [9.17, 15) is 9.59 Å². The first-order valence-corrected chi connectivity index (χ1v) is 8.07. The van der Waals surface area contributed by atoms with Gasteiger partial charge in [-0.2, -0.15) is 0 Å². The topological polar surface area (TPSA) is 70.7 Å². The Morgan fingerprint density at radius 2 is 2.08 bits per heavy atom. The average Bonchev–Trinajstić information content (AvgIpc) is 2.95. The lowest BCUT2D eigenvalue weighted by molar-refractivity contribution is -0.141. The van der Waals surface area contributed by atoms with Gasteiger partial charge in [-0.25, -0.2) is 0 Å². The summed E-state index contributed by atoms with van der Waals surface area (Å²) in [7, 11) is 1.58. The lowest BCUT2D eigenvalue weighted by Gasteiger charge is -2.33. The van der Waals surface area contributed by atoms with Crippen LogP contribution in [0, 0.1) is 12.8 Å². The number of nitrogens with one attached hydrogen (secondary N) is 2. The first-order valence-electron chi connectivity index (χ1n) is 8.07. The summed E-state index contributed by atoms with van der Waals surface area (Å²) in [5.41, 5.74) is 1.70. The van der Waals surface area contributed by atoms with Gasteiger partial charge in [0, 0.05) is 19.6 Å². The Hall–Kier alpha value is -1.79. The van der Waals surface area contributed by atoms with Gasteiger partial charge >= 0.3 is 0 Å². The molecule has 0 saturated carbocycles. The molecule has 7 heteroatoms. The number of halogens is 1. The number of hydrogen-bond donors (Lipinski definition) is 2. The molecule has 2 heterocycles. The summed E-state index contributed by atoms with van der Waals surface area (Å²) in [5.74, 6) is 0.615. The van der Waals surface area contributed by atoms with E-state index < -0.39 is 0 Å². The molecule has 0 aromatic heterocycles. The summed E-state index contributed by atoms with van der Waals surface area (Å²) in [4.78, 5) is 26.9. The van der Waals surface area contributed by atoms with E-state index >= 15 is 0 Å². The molecule has 0 aliphatic carbocycles. The van der Waals surface area contributed by atoms with Crippen LogP contribution < -0.4 is 15.4 Å². The highest BCUT2D eigenvalue weighted by Gasteiger charge is 2.38. The minimum absolute atomic E-state index is 0. The molecule has 1 atom stereocenters. The van der Waals surface area contributed by atoms with Crippen LogP contribution in [0.25, 0.3) is 0 Å². The van der Waals surface area contributed by atoms with Crippen LogP contribution in [0.3, 0.4) is 0 Å². The summed E-state index contributed by atoms with van der Waals surface area (Å²) in [6, 6.07) is 5.27. The Morgan fingerprint density at radius 3 is 2.71 bits per heavy atom. The molecule has 132 valence electrons. The van der Waals surface area contributed by atoms with E-state index in [1.165, 1.54) is 0 Å². The molecule has 2 amide bonds. The number of methoxy groups -OCH3 is 1. The number of aryl methyl sites for hydroxylation is 1. The van der Waals surface area contributed by atoms with Gasteiger partial charge in [0.05, 0.1) is 18.7 Å². The molecule has 2 aliphatic rings. The number of hydrogen-bond acceptors (Lipinski definition) is 4. The third-order valence-corrected chi connectivity index (χ3v) is 4.58. The minimum atomic E-state index is -0.381. The van der Waals surface area contributed by atoms with Crippen molar-refractivity contribution < 1.29 is 14.3 Å².